The molecule has 2 rings (SSSR count). The van der Waals surface area contributed by atoms with Gasteiger partial charge in [-0.1, -0.05) is 24.3 Å². The highest BCUT2D eigenvalue weighted by molar-refractivity contribution is 14.0. The molecule has 22 heavy (non-hydrogen) atoms. The minimum absolute atomic E-state index is 0. The van der Waals surface area contributed by atoms with Crippen molar-refractivity contribution in [3.05, 3.63) is 42.0 Å². The first kappa shape index (κ1) is 18.8. The minimum Gasteiger partial charge on any atom is -0.378 e. The van der Waals surface area contributed by atoms with Crippen LogP contribution in [0.25, 0.3) is 0 Å². The zero-order valence-corrected chi connectivity index (χ0v) is 16.0. The van der Waals surface area contributed by atoms with Gasteiger partial charge in [-0.25, -0.2) is 4.99 Å². The fraction of sp³-hybridized carbons (Fsp3) is 0.471. The first-order chi connectivity index (χ1) is 10.2. The molecule has 0 atom stereocenters. The van der Waals surface area contributed by atoms with Crippen LogP contribution in [0.5, 0.6) is 0 Å². The molecule has 0 bridgehead atoms. The summed E-state index contributed by atoms with van der Waals surface area (Å²) in [5.74, 6) is 0.905. The third-order valence-corrected chi connectivity index (χ3v) is 3.57. The lowest BCUT2D eigenvalue weighted by Crippen LogP contribution is -2.42. The molecule has 0 aliphatic heterocycles. The van der Waals surface area contributed by atoms with Crippen LogP contribution in [0, 0.1) is 0 Å². The van der Waals surface area contributed by atoms with E-state index in [-0.39, 0.29) is 24.0 Å². The van der Waals surface area contributed by atoms with E-state index in [1.54, 1.807) is 0 Å². The number of guanidine groups is 1. The third kappa shape index (κ3) is 5.87. The third-order valence-electron chi connectivity index (χ3n) is 3.57. The van der Waals surface area contributed by atoms with Crippen LogP contribution in [0.3, 0.4) is 0 Å². The van der Waals surface area contributed by atoms with E-state index in [4.69, 9.17) is 0 Å². The largest absolute Gasteiger partial charge is 0.378 e. The van der Waals surface area contributed by atoms with Gasteiger partial charge in [0.1, 0.15) is 0 Å². The molecule has 1 aliphatic rings. The summed E-state index contributed by atoms with van der Waals surface area (Å²) in [4.78, 5) is 6.78. The highest BCUT2D eigenvalue weighted by Gasteiger charge is 2.11. The highest BCUT2D eigenvalue weighted by atomic mass is 127. The zero-order chi connectivity index (χ0) is 15.1. The van der Waals surface area contributed by atoms with E-state index in [1.165, 1.54) is 11.3 Å². The first-order valence-corrected chi connectivity index (χ1v) is 7.65. The van der Waals surface area contributed by atoms with Gasteiger partial charge in [0.2, 0.25) is 0 Å². The Hall–Kier alpha value is -1.24. The lowest BCUT2D eigenvalue weighted by molar-refractivity contribution is 0.633. The standard InChI is InChI=1S/C17H26N4.HI/c1-4-18-17(20-15-7-5-6-8-15)19-13-14-9-11-16(12-10-14)21(2)3;/h5-6,9-12,15H,4,7-8,13H2,1-3H3,(H2,18,19,20);1H. The number of aliphatic imine (C=N–C) groups is 1. The molecule has 5 heteroatoms. The average molecular weight is 414 g/mol. The van der Waals surface area contributed by atoms with Gasteiger partial charge in [0, 0.05) is 32.4 Å². The summed E-state index contributed by atoms with van der Waals surface area (Å²) >= 11 is 0. The second kappa shape index (κ2) is 9.71. The number of hydrogen-bond donors (Lipinski definition) is 2. The minimum atomic E-state index is 0. The van der Waals surface area contributed by atoms with Gasteiger partial charge in [-0.2, -0.15) is 0 Å². The van der Waals surface area contributed by atoms with E-state index in [1.807, 2.05) is 0 Å². The Bertz CT molecular complexity index is 486. The Morgan fingerprint density at radius 1 is 1.18 bits per heavy atom. The fourth-order valence-electron chi connectivity index (χ4n) is 2.32. The number of halogens is 1. The van der Waals surface area contributed by atoms with Crippen molar-refractivity contribution >= 4 is 35.6 Å². The average Bonchev–Trinajstić information content (AvgIpc) is 2.98. The summed E-state index contributed by atoms with van der Waals surface area (Å²) in [6.07, 6.45) is 6.62. The van der Waals surface area contributed by atoms with E-state index in [0.29, 0.717) is 12.6 Å². The first-order valence-electron chi connectivity index (χ1n) is 7.65. The van der Waals surface area contributed by atoms with Crippen molar-refractivity contribution in [1.82, 2.24) is 10.6 Å². The number of nitrogens with zero attached hydrogens (tertiary/aromatic N) is 2. The molecule has 0 amide bonds. The normalized spacial score (nSPS) is 14.6. The van der Waals surface area contributed by atoms with Crippen LogP contribution in [0.15, 0.2) is 41.4 Å². The SMILES string of the molecule is CCNC(=NCc1ccc(N(C)C)cc1)NC1CC=CC1.I. The van der Waals surface area contributed by atoms with E-state index in [2.05, 4.69) is 78.0 Å². The summed E-state index contributed by atoms with van der Waals surface area (Å²) < 4.78 is 0. The van der Waals surface area contributed by atoms with E-state index >= 15 is 0 Å². The monoisotopic (exact) mass is 414 g/mol. The van der Waals surface area contributed by atoms with Gasteiger partial charge in [-0.05, 0) is 37.5 Å². The van der Waals surface area contributed by atoms with Crippen LogP contribution in [0.1, 0.15) is 25.3 Å². The van der Waals surface area contributed by atoms with Gasteiger partial charge < -0.3 is 15.5 Å². The number of anilines is 1. The molecule has 0 unspecified atom stereocenters. The molecule has 1 aromatic rings. The fourth-order valence-corrected chi connectivity index (χ4v) is 2.32. The van der Waals surface area contributed by atoms with Gasteiger partial charge in [0.15, 0.2) is 5.96 Å². The van der Waals surface area contributed by atoms with E-state index in [0.717, 1.165) is 25.3 Å². The second-order valence-corrected chi connectivity index (χ2v) is 5.54. The van der Waals surface area contributed by atoms with Crippen LogP contribution >= 0.6 is 24.0 Å². The molecule has 0 saturated heterocycles. The van der Waals surface area contributed by atoms with Crippen molar-refractivity contribution in [2.75, 3.05) is 25.5 Å². The van der Waals surface area contributed by atoms with Crippen molar-refractivity contribution < 1.29 is 0 Å². The van der Waals surface area contributed by atoms with Crippen LogP contribution in [0.4, 0.5) is 5.69 Å². The van der Waals surface area contributed by atoms with Crippen molar-refractivity contribution in [2.24, 2.45) is 4.99 Å². The Labute approximate surface area is 151 Å². The van der Waals surface area contributed by atoms with Gasteiger partial charge in [-0.15, -0.1) is 24.0 Å². The van der Waals surface area contributed by atoms with Gasteiger partial charge in [0.05, 0.1) is 6.54 Å². The van der Waals surface area contributed by atoms with Gasteiger partial charge in [0.25, 0.3) is 0 Å². The molecule has 0 radical (unpaired) electrons. The molecule has 2 N–H and O–H groups in total. The maximum absolute atomic E-state index is 4.67. The molecular formula is C17H27IN4. The molecule has 1 aromatic carbocycles. The zero-order valence-electron chi connectivity index (χ0n) is 13.7. The molecule has 0 heterocycles. The van der Waals surface area contributed by atoms with Crippen LogP contribution in [-0.4, -0.2) is 32.6 Å². The van der Waals surface area contributed by atoms with Crippen LogP contribution in [0.2, 0.25) is 0 Å². The summed E-state index contributed by atoms with van der Waals surface area (Å²) in [7, 11) is 4.10. The number of benzene rings is 1. The number of hydrogen-bond acceptors (Lipinski definition) is 2. The summed E-state index contributed by atoms with van der Waals surface area (Å²) in [6, 6.07) is 9.02. The molecule has 0 saturated carbocycles. The maximum atomic E-state index is 4.67. The van der Waals surface area contributed by atoms with Gasteiger partial charge >= 0.3 is 0 Å². The summed E-state index contributed by atoms with van der Waals surface area (Å²) in [5, 5.41) is 6.80. The Morgan fingerprint density at radius 2 is 1.82 bits per heavy atom. The van der Waals surface area contributed by atoms with Crippen LogP contribution < -0.4 is 15.5 Å². The predicted octanol–water partition coefficient (Wildman–Crippen LogP) is 3.14. The van der Waals surface area contributed by atoms with Crippen molar-refractivity contribution in [3.8, 4) is 0 Å². The van der Waals surface area contributed by atoms with Crippen LogP contribution in [-0.2, 0) is 6.54 Å². The number of rotatable bonds is 5. The highest BCUT2D eigenvalue weighted by Crippen LogP contribution is 2.13. The van der Waals surface area contributed by atoms with Crippen molar-refractivity contribution in [3.63, 3.8) is 0 Å². The Morgan fingerprint density at radius 3 is 2.36 bits per heavy atom. The molecule has 1 aliphatic carbocycles. The maximum Gasteiger partial charge on any atom is 0.191 e. The molecule has 4 nitrogen and oxygen atoms in total. The molecular weight excluding hydrogens is 387 g/mol. The molecule has 122 valence electrons. The summed E-state index contributed by atoms with van der Waals surface area (Å²) in [5.41, 5.74) is 2.44. The smallest absolute Gasteiger partial charge is 0.191 e. The van der Waals surface area contributed by atoms with E-state index in [9.17, 15) is 0 Å². The summed E-state index contributed by atoms with van der Waals surface area (Å²) in [6.45, 7) is 3.67. The quantitative estimate of drug-likeness (QED) is 0.337. The lowest BCUT2D eigenvalue weighted by Gasteiger charge is -2.17. The molecule has 0 fully saturated rings. The molecule has 0 spiro atoms. The Kier molecular flexibility index (Phi) is 8.30. The van der Waals surface area contributed by atoms with Crippen molar-refractivity contribution in [1.29, 1.82) is 0 Å². The Balaban J connectivity index is 0.00000242. The van der Waals surface area contributed by atoms with Crippen molar-refractivity contribution in [2.45, 2.75) is 32.4 Å². The number of nitrogens with one attached hydrogen (secondary N) is 2. The predicted molar refractivity (Wildman–Crippen MR) is 106 cm³/mol. The lowest BCUT2D eigenvalue weighted by atomic mass is 10.2. The van der Waals surface area contributed by atoms with E-state index < -0.39 is 0 Å². The second-order valence-electron chi connectivity index (χ2n) is 5.54. The van der Waals surface area contributed by atoms with Gasteiger partial charge in [-0.3, -0.25) is 0 Å². The topological polar surface area (TPSA) is 39.7 Å². The molecule has 0 aromatic heterocycles.